The molecule has 334 valence electrons. The third-order valence-corrected chi connectivity index (χ3v) is 11.7. The zero-order chi connectivity index (χ0) is 44.5. The summed E-state index contributed by atoms with van der Waals surface area (Å²) in [5.41, 5.74) is 16.5. The van der Waals surface area contributed by atoms with Crippen molar-refractivity contribution in [1.82, 2.24) is 4.90 Å². The molecule has 0 aliphatic carbocycles. The van der Waals surface area contributed by atoms with Gasteiger partial charge in [0.15, 0.2) is 0 Å². The molecule has 10 atom stereocenters. The molecule has 19 heteroatoms. The third kappa shape index (κ3) is 16.6. The Balaban J connectivity index is 1.78. The first-order chi connectivity index (χ1) is 28.4. The van der Waals surface area contributed by atoms with Gasteiger partial charge in [-0.05, 0) is 66.3 Å². The van der Waals surface area contributed by atoms with Crippen molar-refractivity contribution in [1.29, 1.82) is 0 Å². The first-order valence-electron chi connectivity index (χ1n) is 19.2. The normalized spacial score (nSPS) is 16.9. The molecule has 17 nitrogen and oxygen atoms in total. The van der Waals surface area contributed by atoms with E-state index in [9.17, 15) is 55.5 Å². The molecule has 3 aromatic carbocycles. The van der Waals surface area contributed by atoms with E-state index in [1.54, 1.807) is 30.3 Å². The molecule has 0 saturated heterocycles. The lowest BCUT2D eigenvalue weighted by Crippen LogP contribution is -2.53. The van der Waals surface area contributed by atoms with Gasteiger partial charge in [-0.3, -0.25) is 14.5 Å². The molecule has 3 rings (SSSR count). The second-order valence-corrected chi connectivity index (χ2v) is 16.6. The lowest BCUT2D eigenvalue weighted by Gasteiger charge is -2.33. The number of phenolic OH excluding ortho intramolecular Hbond substituents is 1. The fraction of sp³-hybridized carbons (Fsp3) is 0.512. The number of aryl methyl sites for hydroxylation is 1. The minimum absolute atomic E-state index is 0.0579. The van der Waals surface area contributed by atoms with E-state index in [0.717, 1.165) is 34.7 Å². The average molecular weight is 882 g/mol. The van der Waals surface area contributed by atoms with Crippen LogP contribution in [-0.2, 0) is 33.9 Å². The van der Waals surface area contributed by atoms with E-state index in [2.05, 4.69) is 0 Å². The largest absolute Gasteiger partial charge is 0.508 e. The van der Waals surface area contributed by atoms with Gasteiger partial charge in [0.2, 0.25) is 10.2 Å². The fourth-order valence-corrected chi connectivity index (χ4v) is 7.84. The highest BCUT2D eigenvalue weighted by Gasteiger charge is 2.34. The molecule has 3 aromatic rings. The average Bonchev–Trinajstić information content (AvgIpc) is 3.22. The van der Waals surface area contributed by atoms with Crippen molar-refractivity contribution >= 4 is 33.8 Å². The molecule has 15 N–H and O–H groups in total. The van der Waals surface area contributed by atoms with E-state index in [1.807, 2.05) is 31.2 Å². The number of aliphatic hydroxyl groups is 10. The molecule has 0 aliphatic heterocycles. The Hall–Kier alpha value is -3.22. The Kier molecular flexibility index (Phi) is 21.9. The smallest absolute Gasteiger partial charge is 0.206 e. The zero-order valence-corrected chi connectivity index (χ0v) is 34.9. The van der Waals surface area contributed by atoms with Crippen molar-refractivity contribution in [3.05, 3.63) is 94.5 Å². The van der Waals surface area contributed by atoms with Crippen molar-refractivity contribution in [2.24, 2.45) is 11.5 Å². The number of hydrogen-bond acceptors (Lipinski definition) is 19. The van der Waals surface area contributed by atoms with Gasteiger partial charge >= 0.3 is 0 Å². The highest BCUT2D eigenvalue weighted by molar-refractivity contribution is 8.13. The van der Waals surface area contributed by atoms with Crippen molar-refractivity contribution in [2.45, 2.75) is 92.2 Å². The van der Waals surface area contributed by atoms with Crippen LogP contribution >= 0.6 is 23.5 Å². The summed E-state index contributed by atoms with van der Waals surface area (Å²) in [7, 11) is 0. The predicted octanol–water partition coefficient (Wildman–Crippen LogP) is -2.09. The quantitative estimate of drug-likeness (QED) is 0.0411. The van der Waals surface area contributed by atoms with Gasteiger partial charge in [-0.25, -0.2) is 0 Å². The number of nitrogens with two attached hydrogens (primary N) is 2. The molecule has 60 heavy (non-hydrogen) atoms. The van der Waals surface area contributed by atoms with Crippen molar-refractivity contribution in [3.8, 4) is 11.5 Å². The van der Waals surface area contributed by atoms with E-state index < -0.39 is 87.2 Å². The van der Waals surface area contributed by atoms with Crippen LogP contribution in [0.2, 0.25) is 0 Å². The Labute approximate surface area is 357 Å². The Morgan fingerprint density at radius 1 is 0.650 bits per heavy atom. The van der Waals surface area contributed by atoms with Crippen LogP contribution in [-0.4, -0.2) is 172 Å². The van der Waals surface area contributed by atoms with Crippen LogP contribution in [0, 0.1) is 6.92 Å². The second kappa shape index (κ2) is 25.7. The highest BCUT2D eigenvalue weighted by atomic mass is 32.2. The minimum Gasteiger partial charge on any atom is -0.508 e. The Morgan fingerprint density at radius 2 is 1.13 bits per heavy atom. The molecule has 0 aliphatic rings. The molecule has 0 fully saturated rings. The first kappa shape index (κ1) is 51.1. The van der Waals surface area contributed by atoms with Gasteiger partial charge in [0.25, 0.3) is 0 Å². The Morgan fingerprint density at radius 3 is 1.63 bits per heavy atom. The number of benzene rings is 3. The molecule has 0 radical (unpaired) electrons. The maximum atomic E-state index is 13.2. The summed E-state index contributed by atoms with van der Waals surface area (Å²) in [5.74, 6) is 0.754. The Bertz CT molecular complexity index is 1750. The van der Waals surface area contributed by atoms with Gasteiger partial charge in [0, 0.05) is 31.1 Å². The lowest BCUT2D eigenvalue weighted by atomic mass is 10.0. The number of hydrogen-bond donors (Lipinski definition) is 13. The van der Waals surface area contributed by atoms with Crippen molar-refractivity contribution in [2.75, 3.05) is 39.5 Å². The SMILES string of the molecule is Cc1cccc(C[C@H](N)C(=O)SCc2cc(OCCN(C[C@H](O)[C@@H](O)[C@H](O)[C@H](O)CO)C[C@H](O)[C@@H](O)[C@H](O)[C@H](O)CO)ccc2CSC(=O)[C@@H](N)Cc2cccc(O)c2)c1. The number of aliphatic hydroxyl groups excluding tert-OH is 10. The van der Waals surface area contributed by atoms with Gasteiger partial charge < -0.3 is 72.4 Å². The molecular weight excluding hydrogens is 823 g/mol. The minimum atomic E-state index is -1.95. The first-order valence-corrected chi connectivity index (χ1v) is 21.2. The number of aromatic hydroxyl groups is 1. The summed E-state index contributed by atoms with van der Waals surface area (Å²) in [6.07, 6.45) is -14.3. The molecule has 0 unspecified atom stereocenters. The van der Waals surface area contributed by atoms with E-state index in [4.69, 9.17) is 26.4 Å². The summed E-state index contributed by atoms with van der Waals surface area (Å²) in [4.78, 5) is 27.6. The standard InChI is InChI=1S/C41H59N3O14S2/c1-23-4-2-5-24(12-23)14-30(42)41(57)60-22-27-16-29(9-8-26(27)21-59-40(56)31(43)15-25-6-3-7-28(47)13-25)58-11-10-44(17-32(48)36(52)38(54)34(50)19-45)18-33(49)37(53)39(55)35(51)20-46/h2-9,12-13,16,30-39,45-55H,10-11,14-15,17-22,42-43H2,1H3/t30-,31-,32-,33-,34+,35+,36+,37+,38+,39+/m0/s1. The topological polar surface area (TPSA) is 321 Å². The van der Waals surface area contributed by atoms with Crippen molar-refractivity contribution < 1.29 is 70.5 Å². The molecule has 0 aromatic heterocycles. The van der Waals surface area contributed by atoms with Gasteiger partial charge in [-0.2, -0.15) is 0 Å². The zero-order valence-electron chi connectivity index (χ0n) is 33.3. The summed E-state index contributed by atoms with van der Waals surface area (Å²) in [6.45, 7) is -1.08. The van der Waals surface area contributed by atoms with Crippen LogP contribution in [0.25, 0.3) is 0 Å². The molecule has 0 saturated carbocycles. The summed E-state index contributed by atoms with van der Waals surface area (Å²) in [6, 6.07) is 17.5. The number of carbonyl (C=O) groups excluding carboxylic acids is 2. The number of rotatable bonds is 26. The van der Waals surface area contributed by atoms with Gasteiger partial charge in [-0.15, -0.1) is 0 Å². The van der Waals surface area contributed by atoms with Crippen LogP contribution in [0.1, 0.15) is 27.8 Å². The molecule has 0 bridgehead atoms. The maximum Gasteiger partial charge on any atom is 0.206 e. The van der Waals surface area contributed by atoms with Crippen LogP contribution < -0.4 is 16.2 Å². The fourth-order valence-electron chi connectivity index (χ4n) is 6.10. The van der Waals surface area contributed by atoms with Gasteiger partial charge in [0.05, 0.1) is 37.5 Å². The summed E-state index contributed by atoms with van der Waals surface area (Å²) < 4.78 is 6.00. The second-order valence-electron chi connectivity index (χ2n) is 14.6. The van der Waals surface area contributed by atoms with E-state index in [-0.39, 0.29) is 47.1 Å². The predicted molar refractivity (Wildman–Crippen MR) is 226 cm³/mol. The summed E-state index contributed by atoms with van der Waals surface area (Å²) >= 11 is 2.00. The van der Waals surface area contributed by atoms with Gasteiger partial charge in [0.1, 0.15) is 54.7 Å². The molecule has 0 amide bonds. The number of carbonyl (C=O) groups is 2. The maximum absolute atomic E-state index is 13.2. The molecular formula is C41H59N3O14S2. The monoisotopic (exact) mass is 881 g/mol. The number of thioether (sulfide) groups is 2. The van der Waals surface area contributed by atoms with Crippen LogP contribution in [0.3, 0.4) is 0 Å². The van der Waals surface area contributed by atoms with Crippen LogP contribution in [0.15, 0.2) is 66.7 Å². The lowest BCUT2D eigenvalue weighted by molar-refractivity contribution is -0.130. The summed E-state index contributed by atoms with van der Waals surface area (Å²) in [5, 5.41) is 109. The number of nitrogens with zero attached hydrogens (tertiary/aromatic N) is 1. The molecule has 0 heterocycles. The van der Waals surface area contributed by atoms with Crippen molar-refractivity contribution in [3.63, 3.8) is 0 Å². The molecule has 0 spiro atoms. The number of phenols is 1. The van der Waals surface area contributed by atoms with Gasteiger partial charge in [-0.1, -0.05) is 71.6 Å². The third-order valence-electron chi connectivity index (χ3n) is 9.64. The van der Waals surface area contributed by atoms with E-state index in [1.165, 1.54) is 17.0 Å². The van der Waals surface area contributed by atoms with Crippen LogP contribution in [0.5, 0.6) is 11.5 Å². The van der Waals surface area contributed by atoms with E-state index >= 15 is 0 Å². The number of ether oxygens (including phenoxy) is 1. The van der Waals surface area contributed by atoms with E-state index in [0.29, 0.717) is 28.9 Å². The van der Waals surface area contributed by atoms with Crippen LogP contribution in [0.4, 0.5) is 0 Å². The highest BCUT2D eigenvalue weighted by Crippen LogP contribution is 2.28.